The zero-order valence-corrected chi connectivity index (χ0v) is 18.4. The number of carbonyl (C=O) groups excluding carboxylic acids is 1. The Kier molecular flexibility index (Phi) is 6.93. The molecule has 1 aromatic heterocycles. The maximum Gasteiger partial charge on any atom is 0.252 e. The third-order valence-electron chi connectivity index (χ3n) is 5.73. The van der Waals surface area contributed by atoms with E-state index in [0.717, 1.165) is 60.8 Å². The number of hydrogen-bond acceptors (Lipinski definition) is 4. The minimum Gasteiger partial charge on any atom is -0.496 e. The van der Waals surface area contributed by atoms with Gasteiger partial charge in [0.2, 0.25) is 0 Å². The van der Waals surface area contributed by atoms with Crippen molar-refractivity contribution in [2.75, 3.05) is 33.3 Å². The van der Waals surface area contributed by atoms with Crippen molar-refractivity contribution in [3.8, 4) is 17.0 Å². The molecule has 1 amide bonds. The quantitative estimate of drug-likeness (QED) is 0.572. The van der Waals surface area contributed by atoms with E-state index in [-0.39, 0.29) is 30.7 Å². The topological polar surface area (TPSA) is 69.4 Å². The Morgan fingerprint density at radius 2 is 1.87 bits per heavy atom. The van der Waals surface area contributed by atoms with Crippen LogP contribution in [0.2, 0.25) is 0 Å². The third-order valence-corrected chi connectivity index (χ3v) is 5.73. The fourth-order valence-electron chi connectivity index (χ4n) is 4.29. The minimum absolute atomic E-state index is 0. The Morgan fingerprint density at radius 1 is 1.07 bits per heavy atom. The summed E-state index contributed by atoms with van der Waals surface area (Å²) in [4.78, 5) is 18.4. The summed E-state index contributed by atoms with van der Waals surface area (Å²) in [5.41, 5.74) is 5.94. The number of amides is 1. The van der Waals surface area contributed by atoms with Gasteiger partial charge in [0.1, 0.15) is 5.75 Å². The summed E-state index contributed by atoms with van der Waals surface area (Å²) < 4.78 is 5.43. The van der Waals surface area contributed by atoms with Crippen LogP contribution in [0.3, 0.4) is 0 Å². The van der Waals surface area contributed by atoms with Gasteiger partial charge in [0.25, 0.3) is 5.91 Å². The lowest BCUT2D eigenvalue weighted by atomic mass is 9.99. The van der Waals surface area contributed by atoms with Crippen LogP contribution in [0.5, 0.6) is 5.75 Å². The second-order valence-corrected chi connectivity index (χ2v) is 7.48. The number of hydrogen-bond donors (Lipinski definition) is 3. The molecular formula is C22H26Cl2N4O2. The highest BCUT2D eigenvalue weighted by Crippen LogP contribution is 2.36. The van der Waals surface area contributed by atoms with Crippen molar-refractivity contribution in [2.24, 2.45) is 0 Å². The molecule has 1 fully saturated rings. The molecule has 1 saturated heterocycles. The minimum atomic E-state index is -0.0399. The van der Waals surface area contributed by atoms with Crippen molar-refractivity contribution in [2.45, 2.75) is 13.1 Å². The number of nitrogens with zero attached hydrogens (tertiary/aromatic N) is 1. The Bertz CT molecular complexity index is 1060. The van der Waals surface area contributed by atoms with Gasteiger partial charge in [-0.3, -0.25) is 9.69 Å². The van der Waals surface area contributed by atoms with Crippen LogP contribution in [-0.2, 0) is 13.1 Å². The van der Waals surface area contributed by atoms with Gasteiger partial charge in [0.15, 0.2) is 0 Å². The molecular weight excluding hydrogens is 423 g/mol. The van der Waals surface area contributed by atoms with Crippen LogP contribution >= 0.6 is 24.8 Å². The van der Waals surface area contributed by atoms with E-state index in [2.05, 4.69) is 44.8 Å². The molecule has 30 heavy (non-hydrogen) atoms. The van der Waals surface area contributed by atoms with Gasteiger partial charge in [0, 0.05) is 67.0 Å². The standard InChI is InChI=1S/C22H24N4O2.2ClH/c1-28-20-5-3-16(21-17(20)12-24-22(21)27)19-11-15-10-14(2-4-18(15)25-19)13-26-8-6-23-7-9-26;;/h2-5,10-11,23,25H,6-9,12-13H2,1H3,(H,24,27);2*1H. The van der Waals surface area contributed by atoms with Crippen LogP contribution in [0.15, 0.2) is 36.4 Å². The Balaban J connectivity index is 0.00000128. The lowest BCUT2D eigenvalue weighted by Crippen LogP contribution is -2.42. The first kappa shape index (κ1) is 22.4. The number of halogens is 2. The fraction of sp³-hybridized carbons (Fsp3) is 0.318. The molecule has 160 valence electrons. The molecule has 8 heteroatoms. The molecule has 0 aliphatic carbocycles. The number of piperazine rings is 1. The number of ether oxygens (including phenoxy) is 1. The number of aromatic amines is 1. The summed E-state index contributed by atoms with van der Waals surface area (Å²) in [7, 11) is 1.64. The average Bonchev–Trinajstić information content (AvgIpc) is 3.32. The van der Waals surface area contributed by atoms with Gasteiger partial charge < -0.3 is 20.4 Å². The fourth-order valence-corrected chi connectivity index (χ4v) is 4.29. The van der Waals surface area contributed by atoms with Crippen molar-refractivity contribution in [3.63, 3.8) is 0 Å². The summed E-state index contributed by atoms with van der Waals surface area (Å²) >= 11 is 0. The van der Waals surface area contributed by atoms with Crippen molar-refractivity contribution < 1.29 is 9.53 Å². The number of carbonyl (C=O) groups is 1. The summed E-state index contributed by atoms with van der Waals surface area (Å²) in [6, 6.07) is 12.6. The monoisotopic (exact) mass is 448 g/mol. The molecule has 5 rings (SSSR count). The van der Waals surface area contributed by atoms with Gasteiger partial charge in [-0.15, -0.1) is 24.8 Å². The third kappa shape index (κ3) is 4.01. The number of aromatic nitrogens is 1. The van der Waals surface area contributed by atoms with E-state index in [1.54, 1.807) is 7.11 Å². The molecule has 3 heterocycles. The zero-order chi connectivity index (χ0) is 19.1. The van der Waals surface area contributed by atoms with Gasteiger partial charge >= 0.3 is 0 Å². The smallest absolute Gasteiger partial charge is 0.252 e. The normalized spacial score (nSPS) is 15.8. The van der Waals surface area contributed by atoms with E-state index in [1.165, 1.54) is 10.9 Å². The largest absolute Gasteiger partial charge is 0.496 e. The van der Waals surface area contributed by atoms with E-state index in [4.69, 9.17) is 4.74 Å². The number of methoxy groups -OCH3 is 1. The first-order chi connectivity index (χ1) is 13.7. The SMILES string of the molecule is COc1ccc(-c2cc3cc(CN4CCNCC4)ccc3[nH]2)c2c1CNC2=O.Cl.Cl. The van der Waals surface area contributed by atoms with Crippen LogP contribution in [0.4, 0.5) is 0 Å². The van der Waals surface area contributed by atoms with Crippen molar-refractivity contribution in [3.05, 3.63) is 53.1 Å². The van der Waals surface area contributed by atoms with Gasteiger partial charge in [-0.25, -0.2) is 0 Å². The molecule has 2 aliphatic rings. The summed E-state index contributed by atoms with van der Waals surface area (Å²) in [5.74, 6) is 0.716. The Labute approximate surface area is 188 Å². The maximum atomic E-state index is 12.4. The number of rotatable bonds is 4. The number of H-pyrrole nitrogens is 1. The summed E-state index contributed by atoms with van der Waals surface area (Å²) in [6.45, 7) is 5.77. The highest BCUT2D eigenvalue weighted by molar-refractivity contribution is 6.05. The molecule has 2 aromatic carbocycles. The van der Waals surface area contributed by atoms with Crippen LogP contribution in [0, 0.1) is 0 Å². The second kappa shape index (κ2) is 9.27. The van der Waals surface area contributed by atoms with Crippen LogP contribution in [0.25, 0.3) is 22.2 Å². The molecule has 2 aliphatic heterocycles. The molecule has 6 nitrogen and oxygen atoms in total. The molecule has 0 unspecified atom stereocenters. The maximum absolute atomic E-state index is 12.4. The van der Waals surface area contributed by atoms with Gasteiger partial charge in [0.05, 0.1) is 12.7 Å². The van der Waals surface area contributed by atoms with E-state index in [1.807, 2.05) is 12.1 Å². The number of fused-ring (bicyclic) bond motifs is 2. The average molecular weight is 449 g/mol. The lowest BCUT2D eigenvalue weighted by Gasteiger charge is -2.27. The van der Waals surface area contributed by atoms with E-state index < -0.39 is 0 Å². The van der Waals surface area contributed by atoms with E-state index in [9.17, 15) is 4.79 Å². The molecule has 0 radical (unpaired) electrons. The number of benzene rings is 2. The van der Waals surface area contributed by atoms with E-state index in [0.29, 0.717) is 12.1 Å². The molecule has 0 spiro atoms. The lowest BCUT2D eigenvalue weighted by molar-refractivity contribution is 0.0966. The summed E-state index contributed by atoms with van der Waals surface area (Å²) in [5, 5.41) is 7.48. The van der Waals surface area contributed by atoms with Crippen LogP contribution < -0.4 is 15.4 Å². The van der Waals surface area contributed by atoms with Crippen LogP contribution in [0.1, 0.15) is 21.5 Å². The second-order valence-electron chi connectivity index (χ2n) is 7.48. The van der Waals surface area contributed by atoms with Crippen molar-refractivity contribution >= 4 is 41.6 Å². The molecule has 3 N–H and O–H groups in total. The first-order valence-corrected chi connectivity index (χ1v) is 9.76. The highest BCUT2D eigenvalue weighted by Gasteiger charge is 2.27. The molecule has 3 aromatic rings. The number of nitrogens with one attached hydrogen (secondary N) is 3. The molecule has 0 atom stereocenters. The molecule has 0 bridgehead atoms. The Hall–Kier alpha value is -2.25. The highest BCUT2D eigenvalue weighted by atomic mass is 35.5. The van der Waals surface area contributed by atoms with Crippen molar-refractivity contribution in [1.29, 1.82) is 0 Å². The van der Waals surface area contributed by atoms with Gasteiger partial charge in [-0.2, -0.15) is 0 Å². The summed E-state index contributed by atoms with van der Waals surface area (Å²) in [6.07, 6.45) is 0. The molecule has 0 saturated carbocycles. The zero-order valence-electron chi connectivity index (χ0n) is 16.8. The van der Waals surface area contributed by atoms with Crippen molar-refractivity contribution in [1.82, 2.24) is 20.5 Å². The first-order valence-electron chi connectivity index (χ1n) is 9.76. The van der Waals surface area contributed by atoms with Gasteiger partial charge in [-0.1, -0.05) is 6.07 Å². The van der Waals surface area contributed by atoms with Crippen LogP contribution in [-0.4, -0.2) is 49.1 Å². The van der Waals surface area contributed by atoms with E-state index >= 15 is 0 Å². The predicted octanol–water partition coefficient (Wildman–Crippen LogP) is 3.34. The Morgan fingerprint density at radius 3 is 2.63 bits per heavy atom. The van der Waals surface area contributed by atoms with Gasteiger partial charge in [-0.05, 0) is 35.9 Å². The predicted molar refractivity (Wildman–Crippen MR) is 124 cm³/mol.